The Kier molecular flexibility index (Phi) is 5.31. The summed E-state index contributed by atoms with van der Waals surface area (Å²) in [5.74, 6) is -0.364. The highest BCUT2D eigenvalue weighted by atomic mass is 35.5. The zero-order valence-electron chi connectivity index (χ0n) is 11.9. The number of anilines is 1. The Balaban J connectivity index is 2.08. The predicted octanol–water partition coefficient (Wildman–Crippen LogP) is 3.02. The monoisotopic (exact) mass is 336 g/mol. The number of ether oxygens (including phenoxy) is 1. The minimum absolute atomic E-state index is 0.0711. The molecule has 1 aromatic carbocycles. The largest absolute Gasteiger partial charge is 0.417 e. The van der Waals surface area contributed by atoms with Crippen LogP contribution in [0.3, 0.4) is 0 Å². The summed E-state index contributed by atoms with van der Waals surface area (Å²) < 4.78 is 43.6. The SMILES string of the molecule is C[C@@H](C(=O)Nc1ccc(Cl)c(C(F)(F)F)c1)N1CCOCC1. The van der Waals surface area contributed by atoms with Crippen LogP contribution < -0.4 is 5.32 Å². The van der Waals surface area contributed by atoms with Gasteiger partial charge in [-0.2, -0.15) is 13.2 Å². The van der Waals surface area contributed by atoms with Gasteiger partial charge >= 0.3 is 6.18 Å². The van der Waals surface area contributed by atoms with Crippen LogP contribution in [-0.2, 0) is 15.7 Å². The molecule has 2 rings (SSSR count). The Morgan fingerprint density at radius 1 is 1.36 bits per heavy atom. The lowest BCUT2D eigenvalue weighted by atomic mass is 10.1. The highest BCUT2D eigenvalue weighted by Crippen LogP contribution is 2.36. The number of benzene rings is 1. The highest BCUT2D eigenvalue weighted by Gasteiger charge is 2.33. The second-order valence-corrected chi connectivity index (χ2v) is 5.41. The van der Waals surface area contributed by atoms with Gasteiger partial charge in [-0.1, -0.05) is 11.6 Å². The summed E-state index contributed by atoms with van der Waals surface area (Å²) in [5.41, 5.74) is -0.896. The summed E-state index contributed by atoms with van der Waals surface area (Å²) in [7, 11) is 0. The van der Waals surface area contributed by atoms with Gasteiger partial charge in [-0.3, -0.25) is 9.69 Å². The molecular formula is C14H16ClF3N2O2. The maximum absolute atomic E-state index is 12.8. The van der Waals surface area contributed by atoms with Crippen molar-refractivity contribution in [2.24, 2.45) is 0 Å². The number of carbonyl (C=O) groups excluding carboxylic acids is 1. The Morgan fingerprint density at radius 3 is 2.59 bits per heavy atom. The lowest BCUT2D eigenvalue weighted by molar-refractivity contribution is -0.137. The number of hydrogen-bond donors (Lipinski definition) is 1. The van der Waals surface area contributed by atoms with Crippen LogP contribution in [0.5, 0.6) is 0 Å². The predicted molar refractivity (Wildman–Crippen MR) is 76.9 cm³/mol. The van der Waals surface area contributed by atoms with E-state index in [1.165, 1.54) is 6.07 Å². The average Bonchev–Trinajstić information content (AvgIpc) is 2.48. The molecule has 1 fully saturated rings. The molecule has 1 atom stereocenters. The van der Waals surface area contributed by atoms with Crippen molar-refractivity contribution in [1.29, 1.82) is 0 Å². The molecule has 0 bridgehead atoms. The van der Waals surface area contributed by atoms with Gasteiger partial charge in [-0.05, 0) is 25.1 Å². The average molecular weight is 337 g/mol. The molecule has 0 spiro atoms. The summed E-state index contributed by atoms with van der Waals surface area (Å²) in [5, 5.41) is 2.10. The quantitative estimate of drug-likeness (QED) is 0.922. The molecule has 1 heterocycles. The number of amides is 1. The van der Waals surface area contributed by atoms with Gasteiger partial charge in [0.2, 0.25) is 5.91 Å². The van der Waals surface area contributed by atoms with Crippen LogP contribution in [0.4, 0.5) is 18.9 Å². The Hall–Kier alpha value is -1.31. The van der Waals surface area contributed by atoms with Crippen LogP contribution in [0.15, 0.2) is 18.2 Å². The minimum atomic E-state index is -4.56. The molecule has 4 nitrogen and oxygen atoms in total. The van der Waals surface area contributed by atoms with Gasteiger partial charge in [0.05, 0.1) is 29.8 Å². The lowest BCUT2D eigenvalue weighted by Crippen LogP contribution is -2.47. The minimum Gasteiger partial charge on any atom is -0.379 e. The number of carbonyl (C=O) groups is 1. The van der Waals surface area contributed by atoms with Gasteiger partial charge < -0.3 is 10.1 Å². The van der Waals surface area contributed by atoms with Crippen LogP contribution in [0, 0.1) is 0 Å². The van der Waals surface area contributed by atoms with Crippen molar-refractivity contribution < 1.29 is 22.7 Å². The van der Waals surface area contributed by atoms with Gasteiger partial charge in [-0.25, -0.2) is 0 Å². The number of morpholine rings is 1. The summed E-state index contributed by atoms with van der Waals surface area (Å²) >= 11 is 5.55. The van der Waals surface area contributed by atoms with Crippen molar-refractivity contribution in [3.8, 4) is 0 Å². The van der Waals surface area contributed by atoms with E-state index in [2.05, 4.69) is 5.32 Å². The molecule has 1 N–H and O–H groups in total. The smallest absolute Gasteiger partial charge is 0.379 e. The topological polar surface area (TPSA) is 41.6 Å². The highest BCUT2D eigenvalue weighted by molar-refractivity contribution is 6.31. The van der Waals surface area contributed by atoms with Gasteiger partial charge in [-0.15, -0.1) is 0 Å². The van der Waals surface area contributed by atoms with Gasteiger partial charge in [0.25, 0.3) is 0 Å². The summed E-state index contributed by atoms with van der Waals surface area (Å²) in [6, 6.07) is 2.86. The second kappa shape index (κ2) is 6.85. The third kappa shape index (κ3) is 4.12. The fourth-order valence-electron chi connectivity index (χ4n) is 2.20. The first-order chi connectivity index (χ1) is 10.3. The molecule has 122 valence electrons. The van der Waals surface area contributed by atoms with Crippen molar-refractivity contribution in [1.82, 2.24) is 4.90 Å². The van der Waals surface area contributed by atoms with E-state index >= 15 is 0 Å². The van der Waals surface area contributed by atoms with E-state index in [0.29, 0.717) is 26.3 Å². The van der Waals surface area contributed by atoms with Gasteiger partial charge in [0, 0.05) is 18.8 Å². The van der Waals surface area contributed by atoms with E-state index < -0.39 is 22.8 Å². The zero-order valence-corrected chi connectivity index (χ0v) is 12.7. The molecule has 1 saturated heterocycles. The van der Waals surface area contributed by atoms with Crippen molar-refractivity contribution in [3.63, 3.8) is 0 Å². The molecule has 0 aromatic heterocycles. The van der Waals surface area contributed by atoms with E-state index in [1.54, 1.807) is 6.92 Å². The third-order valence-electron chi connectivity index (χ3n) is 3.51. The first-order valence-electron chi connectivity index (χ1n) is 6.78. The normalized spacial score (nSPS) is 18.0. The third-order valence-corrected chi connectivity index (χ3v) is 3.84. The number of halogens is 4. The maximum atomic E-state index is 12.8. The van der Waals surface area contributed by atoms with Gasteiger partial charge in [0.15, 0.2) is 0 Å². The number of hydrogen-bond acceptors (Lipinski definition) is 3. The molecule has 0 aliphatic carbocycles. The van der Waals surface area contributed by atoms with Crippen LogP contribution >= 0.6 is 11.6 Å². The number of alkyl halides is 3. The standard InChI is InChI=1S/C14H16ClF3N2O2/c1-9(20-4-6-22-7-5-20)13(21)19-10-2-3-12(15)11(8-10)14(16,17)18/h2-3,8-9H,4-7H2,1H3,(H,19,21)/t9-/m0/s1. The number of nitrogens with zero attached hydrogens (tertiary/aromatic N) is 1. The van der Waals surface area contributed by atoms with Crippen LogP contribution in [0.1, 0.15) is 12.5 Å². The number of nitrogens with one attached hydrogen (secondary N) is 1. The molecule has 1 amide bonds. The fourth-order valence-corrected chi connectivity index (χ4v) is 2.42. The van der Waals surface area contributed by atoms with Gasteiger partial charge in [0.1, 0.15) is 0 Å². The van der Waals surface area contributed by atoms with Crippen LogP contribution in [-0.4, -0.2) is 43.2 Å². The Morgan fingerprint density at radius 2 is 2.00 bits per heavy atom. The summed E-state index contributed by atoms with van der Waals surface area (Å²) in [6.07, 6.45) is -4.56. The Labute approximate surface area is 131 Å². The summed E-state index contributed by atoms with van der Waals surface area (Å²) in [4.78, 5) is 14.1. The van der Waals surface area contributed by atoms with Crippen molar-refractivity contribution in [2.45, 2.75) is 19.1 Å². The van der Waals surface area contributed by atoms with E-state index in [4.69, 9.17) is 16.3 Å². The van der Waals surface area contributed by atoms with E-state index in [1.807, 2.05) is 4.90 Å². The fraction of sp³-hybridized carbons (Fsp3) is 0.500. The Bertz CT molecular complexity index is 545. The molecule has 8 heteroatoms. The van der Waals surface area contributed by atoms with Crippen molar-refractivity contribution in [3.05, 3.63) is 28.8 Å². The molecule has 0 unspecified atom stereocenters. The molecule has 1 aliphatic rings. The van der Waals surface area contributed by atoms with Crippen LogP contribution in [0.25, 0.3) is 0 Å². The van der Waals surface area contributed by atoms with Crippen molar-refractivity contribution in [2.75, 3.05) is 31.6 Å². The first-order valence-corrected chi connectivity index (χ1v) is 7.16. The van der Waals surface area contributed by atoms with Crippen molar-refractivity contribution >= 4 is 23.2 Å². The van der Waals surface area contributed by atoms with E-state index in [-0.39, 0.29) is 11.6 Å². The molecular weight excluding hydrogens is 321 g/mol. The molecule has 1 aliphatic heterocycles. The second-order valence-electron chi connectivity index (χ2n) is 5.01. The molecule has 22 heavy (non-hydrogen) atoms. The molecule has 1 aromatic rings. The molecule has 0 radical (unpaired) electrons. The maximum Gasteiger partial charge on any atom is 0.417 e. The zero-order chi connectivity index (χ0) is 16.3. The van der Waals surface area contributed by atoms with Crippen LogP contribution in [0.2, 0.25) is 5.02 Å². The first kappa shape index (κ1) is 17.1. The lowest BCUT2D eigenvalue weighted by Gasteiger charge is -2.31. The number of rotatable bonds is 3. The van der Waals surface area contributed by atoms with E-state index in [9.17, 15) is 18.0 Å². The summed E-state index contributed by atoms with van der Waals surface area (Å²) in [6.45, 7) is 4.01. The molecule has 0 saturated carbocycles. The van der Waals surface area contributed by atoms with E-state index in [0.717, 1.165) is 12.1 Å².